The van der Waals surface area contributed by atoms with Crippen LogP contribution >= 0.6 is 0 Å². The summed E-state index contributed by atoms with van der Waals surface area (Å²) in [5.74, 6) is 1.37. The van der Waals surface area contributed by atoms with Crippen molar-refractivity contribution >= 4 is 23.5 Å². The summed E-state index contributed by atoms with van der Waals surface area (Å²) in [7, 11) is 0. The molecule has 162 valence electrons. The number of esters is 1. The van der Waals surface area contributed by atoms with Gasteiger partial charge in [0, 0.05) is 11.1 Å². The molecule has 1 aromatic carbocycles. The van der Waals surface area contributed by atoms with Crippen LogP contribution in [0.25, 0.3) is 0 Å². The lowest BCUT2D eigenvalue weighted by Gasteiger charge is -2.55. The largest absolute Gasteiger partial charge is 0.456 e. The zero-order chi connectivity index (χ0) is 21.3. The third-order valence-electron chi connectivity index (χ3n) is 7.21. The first kappa shape index (κ1) is 20.9. The van der Waals surface area contributed by atoms with E-state index >= 15 is 0 Å². The van der Waals surface area contributed by atoms with Gasteiger partial charge in [0.1, 0.15) is 6.04 Å². The molecule has 6 nitrogen and oxygen atoms in total. The average Bonchev–Trinajstić information content (AvgIpc) is 2.69. The maximum Gasteiger partial charge on any atom is 0.329 e. The van der Waals surface area contributed by atoms with Gasteiger partial charge in [-0.05, 0) is 74.3 Å². The smallest absolute Gasteiger partial charge is 0.329 e. The van der Waals surface area contributed by atoms with Gasteiger partial charge in [-0.25, -0.2) is 9.59 Å². The van der Waals surface area contributed by atoms with Crippen LogP contribution in [0.15, 0.2) is 30.3 Å². The minimum Gasteiger partial charge on any atom is -0.456 e. The molecule has 0 heterocycles. The van der Waals surface area contributed by atoms with E-state index in [1.54, 1.807) is 12.1 Å². The lowest BCUT2D eigenvalue weighted by molar-refractivity contribution is -0.159. The van der Waals surface area contributed by atoms with Crippen LogP contribution in [0, 0.1) is 29.1 Å². The second kappa shape index (κ2) is 8.40. The highest BCUT2D eigenvalue weighted by Crippen LogP contribution is 2.60. The van der Waals surface area contributed by atoms with Gasteiger partial charge in [-0.2, -0.15) is 0 Å². The van der Waals surface area contributed by atoms with Crippen molar-refractivity contribution in [2.75, 3.05) is 11.9 Å². The van der Waals surface area contributed by atoms with E-state index in [1.165, 1.54) is 19.3 Å². The molecule has 0 aliphatic heterocycles. The first-order valence-corrected chi connectivity index (χ1v) is 11.2. The number of ketones is 1. The molecule has 0 spiro atoms. The molecule has 0 aromatic heterocycles. The van der Waals surface area contributed by atoms with Crippen LogP contribution in [-0.2, 0) is 14.3 Å². The lowest BCUT2D eigenvalue weighted by atomic mass is 9.48. The van der Waals surface area contributed by atoms with Crippen molar-refractivity contribution in [3.05, 3.63) is 30.3 Å². The Morgan fingerprint density at radius 3 is 2.10 bits per heavy atom. The second-order valence-electron chi connectivity index (χ2n) is 9.91. The van der Waals surface area contributed by atoms with E-state index in [0.717, 1.165) is 19.3 Å². The zero-order valence-corrected chi connectivity index (χ0v) is 17.9. The monoisotopic (exact) mass is 412 g/mol. The molecule has 0 unspecified atom stereocenters. The second-order valence-corrected chi connectivity index (χ2v) is 9.91. The summed E-state index contributed by atoms with van der Waals surface area (Å²) in [6, 6.07) is 7.76. The number of rotatable bonds is 7. The molecule has 2 N–H and O–H groups in total. The van der Waals surface area contributed by atoms with Gasteiger partial charge in [-0.3, -0.25) is 4.79 Å². The summed E-state index contributed by atoms with van der Waals surface area (Å²) in [6.07, 6.45) is 6.68. The van der Waals surface area contributed by atoms with Gasteiger partial charge in [0.2, 0.25) is 0 Å². The Bertz CT molecular complexity index is 769. The SMILES string of the molecule is CC(C)[C@H](NC(=O)Nc1ccccc1)C(=O)OCC(=O)C12CC3CC(CC(C3)C1)C2. The molecule has 30 heavy (non-hydrogen) atoms. The number of benzene rings is 1. The number of para-hydroxylation sites is 1. The highest BCUT2D eigenvalue weighted by molar-refractivity contribution is 5.93. The fourth-order valence-corrected chi connectivity index (χ4v) is 6.16. The molecule has 2 amide bonds. The Hall–Kier alpha value is -2.37. The number of Topliss-reactive ketones (excluding diaryl/α,β-unsaturated/α-hetero) is 1. The standard InChI is InChI=1S/C24H32N2O4/c1-15(2)21(26-23(29)25-19-6-4-3-5-7-19)22(28)30-14-20(27)24-11-16-8-17(12-24)10-18(9-16)13-24/h3-7,15-18,21H,8-14H2,1-2H3,(H2,25,26,29)/t16?,17?,18?,21-,24?/m0/s1. The molecule has 0 saturated heterocycles. The van der Waals surface area contributed by atoms with E-state index in [9.17, 15) is 14.4 Å². The molecule has 0 radical (unpaired) electrons. The van der Waals surface area contributed by atoms with Gasteiger partial charge in [0.25, 0.3) is 0 Å². The minimum absolute atomic E-state index is 0.0752. The third kappa shape index (κ3) is 4.37. The Balaban J connectivity index is 1.32. The molecule has 5 rings (SSSR count). The van der Waals surface area contributed by atoms with E-state index in [2.05, 4.69) is 10.6 Å². The van der Waals surface area contributed by atoms with Gasteiger partial charge in [-0.15, -0.1) is 0 Å². The van der Waals surface area contributed by atoms with Gasteiger partial charge >= 0.3 is 12.0 Å². The van der Waals surface area contributed by atoms with Crippen molar-refractivity contribution < 1.29 is 19.1 Å². The molecule has 1 aromatic rings. The Kier molecular flexibility index (Phi) is 5.85. The normalized spacial score (nSPS) is 30.0. The summed E-state index contributed by atoms with van der Waals surface area (Å²) in [6.45, 7) is 3.50. The highest BCUT2D eigenvalue weighted by atomic mass is 16.5. The predicted octanol–water partition coefficient (Wildman–Crippen LogP) is 4.16. The van der Waals surface area contributed by atoms with E-state index in [4.69, 9.17) is 4.74 Å². The number of carbonyl (C=O) groups excluding carboxylic acids is 3. The number of anilines is 1. The fraction of sp³-hybridized carbons (Fsp3) is 0.625. The van der Waals surface area contributed by atoms with Crippen LogP contribution in [0.4, 0.5) is 10.5 Å². The van der Waals surface area contributed by atoms with Crippen LogP contribution < -0.4 is 10.6 Å². The summed E-state index contributed by atoms with van der Waals surface area (Å²) >= 11 is 0. The number of ether oxygens (including phenoxy) is 1. The number of amides is 2. The first-order valence-electron chi connectivity index (χ1n) is 11.2. The first-order chi connectivity index (χ1) is 14.3. The van der Waals surface area contributed by atoms with Gasteiger partial charge < -0.3 is 15.4 Å². The zero-order valence-electron chi connectivity index (χ0n) is 17.9. The van der Waals surface area contributed by atoms with Crippen molar-refractivity contribution in [2.45, 2.75) is 58.4 Å². The number of hydrogen-bond acceptors (Lipinski definition) is 4. The minimum atomic E-state index is -0.808. The van der Waals surface area contributed by atoms with Gasteiger partial charge in [0.05, 0.1) is 0 Å². The van der Waals surface area contributed by atoms with Crippen molar-refractivity contribution in [3.63, 3.8) is 0 Å². The highest BCUT2D eigenvalue weighted by Gasteiger charge is 2.54. The summed E-state index contributed by atoms with van der Waals surface area (Å²) < 4.78 is 5.44. The van der Waals surface area contributed by atoms with Crippen molar-refractivity contribution in [2.24, 2.45) is 29.1 Å². The van der Waals surface area contributed by atoms with Crippen LogP contribution in [0.3, 0.4) is 0 Å². The van der Waals surface area contributed by atoms with E-state index in [0.29, 0.717) is 23.4 Å². The predicted molar refractivity (Wildman–Crippen MR) is 114 cm³/mol. The topological polar surface area (TPSA) is 84.5 Å². The van der Waals surface area contributed by atoms with Crippen LogP contribution in [-0.4, -0.2) is 30.4 Å². The Morgan fingerprint density at radius 1 is 1.00 bits per heavy atom. The van der Waals surface area contributed by atoms with E-state index < -0.39 is 18.0 Å². The van der Waals surface area contributed by atoms with Gasteiger partial charge in [0.15, 0.2) is 12.4 Å². The maximum atomic E-state index is 13.1. The molecule has 4 bridgehead atoms. The van der Waals surface area contributed by atoms with Crippen LogP contribution in [0.2, 0.25) is 0 Å². The number of nitrogens with one attached hydrogen (secondary N) is 2. The Labute approximate surface area is 178 Å². The molecule has 1 atom stereocenters. The molecule has 4 aliphatic carbocycles. The number of carbonyl (C=O) groups is 3. The Morgan fingerprint density at radius 2 is 1.57 bits per heavy atom. The number of urea groups is 1. The molecular formula is C24H32N2O4. The van der Waals surface area contributed by atoms with Crippen LogP contribution in [0.5, 0.6) is 0 Å². The summed E-state index contributed by atoms with van der Waals surface area (Å²) in [5.41, 5.74) is 0.364. The van der Waals surface area contributed by atoms with E-state index in [1.807, 2.05) is 32.0 Å². The fourth-order valence-electron chi connectivity index (χ4n) is 6.16. The quantitative estimate of drug-likeness (QED) is 0.659. The van der Waals surface area contributed by atoms with Crippen molar-refractivity contribution in [1.82, 2.24) is 5.32 Å². The molecule has 6 heteroatoms. The molecule has 4 saturated carbocycles. The lowest BCUT2D eigenvalue weighted by Crippen LogP contribution is -2.52. The maximum absolute atomic E-state index is 13.1. The van der Waals surface area contributed by atoms with Gasteiger partial charge in [-0.1, -0.05) is 32.0 Å². The summed E-state index contributed by atoms with van der Waals surface area (Å²) in [5, 5.41) is 5.40. The third-order valence-corrected chi connectivity index (χ3v) is 7.21. The van der Waals surface area contributed by atoms with Crippen molar-refractivity contribution in [1.29, 1.82) is 0 Å². The molecular weight excluding hydrogens is 380 g/mol. The molecule has 4 fully saturated rings. The summed E-state index contributed by atoms with van der Waals surface area (Å²) in [4.78, 5) is 38.1. The number of hydrogen-bond donors (Lipinski definition) is 2. The van der Waals surface area contributed by atoms with E-state index in [-0.39, 0.29) is 23.7 Å². The van der Waals surface area contributed by atoms with Crippen molar-refractivity contribution in [3.8, 4) is 0 Å². The molecule has 4 aliphatic rings. The van der Waals surface area contributed by atoms with Crippen LogP contribution in [0.1, 0.15) is 52.4 Å². The average molecular weight is 413 g/mol.